The van der Waals surface area contributed by atoms with Crippen molar-refractivity contribution in [2.24, 2.45) is 5.73 Å². The molecule has 0 saturated carbocycles. The fourth-order valence-electron chi connectivity index (χ4n) is 4.20. The Balaban J connectivity index is 1.43. The number of piperidine rings is 1. The van der Waals surface area contributed by atoms with E-state index in [9.17, 15) is 13.6 Å². The standard InChI is InChI=1S/C24H31F2N3O/c1-16-6-5-7-17(2)23(16)28-18-11-14-29(15-12-18)13-4-3-8-19-21(25)10-9-20(22(19)26)24(27)30/h5-7,9-10,18,28H,3-4,8,11-15H2,1-2H3,(H2,27,30). The molecule has 0 bridgehead atoms. The number of nitrogens with one attached hydrogen (secondary N) is 1. The molecular weight excluding hydrogens is 384 g/mol. The highest BCUT2D eigenvalue weighted by Crippen LogP contribution is 2.24. The van der Waals surface area contributed by atoms with Gasteiger partial charge in [0.05, 0.1) is 5.56 Å². The average Bonchev–Trinajstić information content (AvgIpc) is 2.71. The van der Waals surface area contributed by atoms with Gasteiger partial charge in [0.2, 0.25) is 0 Å². The summed E-state index contributed by atoms with van der Waals surface area (Å²) < 4.78 is 28.2. The van der Waals surface area contributed by atoms with Crippen molar-refractivity contribution in [3.05, 3.63) is 64.2 Å². The number of carbonyl (C=O) groups excluding carboxylic acids is 1. The number of amides is 1. The highest BCUT2D eigenvalue weighted by atomic mass is 19.1. The minimum atomic E-state index is -0.869. The molecule has 0 aromatic heterocycles. The number of carbonyl (C=O) groups is 1. The molecule has 4 nitrogen and oxygen atoms in total. The predicted molar refractivity (Wildman–Crippen MR) is 117 cm³/mol. The average molecular weight is 416 g/mol. The molecule has 2 aromatic rings. The first kappa shape index (κ1) is 22.2. The molecule has 6 heteroatoms. The number of nitrogens with two attached hydrogens (primary N) is 1. The van der Waals surface area contributed by atoms with E-state index < -0.39 is 17.5 Å². The van der Waals surface area contributed by atoms with E-state index in [0.29, 0.717) is 12.5 Å². The molecule has 3 N–H and O–H groups in total. The van der Waals surface area contributed by atoms with Gasteiger partial charge in [0, 0.05) is 30.4 Å². The molecule has 1 heterocycles. The molecule has 0 radical (unpaired) electrons. The van der Waals surface area contributed by atoms with Gasteiger partial charge in [0.1, 0.15) is 11.6 Å². The third kappa shape index (κ3) is 5.36. The van der Waals surface area contributed by atoms with Crippen LogP contribution in [-0.4, -0.2) is 36.5 Å². The fourth-order valence-corrected chi connectivity index (χ4v) is 4.20. The van der Waals surface area contributed by atoms with E-state index in [0.717, 1.165) is 51.0 Å². The maximum absolute atomic E-state index is 14.3. The zero-order valence-corrected chi connectivity index (χ0v) is 17.8. The van der Waals surface area contributed by atoms with Gasteiger partial charge < -0.3 is 16.0 Å². The Labute approximate surface area is 177 Å². The minimum Gasteiger partial charge on any atom is -0.382 e. The fraction of sp³-hybridized carbons (Fsp3) is 0.458. The maximum atomic E-state index is 14.3. The summed E-state index contributed by atoms with van der Waals surface area (Å²) in [6.45, 7) is 7.21. The second kappa shape index (κ2) is 10.0. The molecule has 1 fully saturated rings. The van der Waals surface area contributed by atoms with Crippen LogP contribution in [0.25, 0.3) is 0 Å². The summed E-state index contributed by atoms with van der Waals surface area (Å²) in [5.41, 5.74) is 8.66. The monoisotopic (exact) mass is 415 g/mol. The quantitative estimate of drug-likeness (QED) is 0.621. The van der Waals surface area contributed by atoms with Crippen molar-refractivity contribution in [3.63, 3.8) is 0 Å². The second-order valence-electron chi connectivity index (χ2n) is 8.24. The zero-order chi connectivity index (χ0) is 21.7. The van der Waals surface area contributed by atoms with Crippen LogP contribution in [0.15, 0.2) is 30.3 Å². The molecule has 1 amide bonds. The van der Waals surface area contributed by atoms with Gasteiger partial charge in [0.15, 0.2) is 0 Å². The Morgan fingerprint density at radius 3 is 2.40 bits per heavy atom. The molecule has 0 unspecified atom stereocenters. The second-order valence-corrected chi connectivity index (χ2v) is 8.24. The normalized spacial score (nSPS) is 15.3. The Morgan fingerprint density at radius 2 is 1.77 bits per heavy atom. The van der Waals surface area contributed by atoms with Gasteiger partial charge in [-0.25, -0.2) is 8.78 Å². The van der Waals surface area contributed by atoms with Crippen molar-refractivity contribution in [3.8, 4) is 0 Å². The van der Waals surface area contributed by atoms with Crippen molar-refractivity contribution in [1.29, 1.82) is 0 Å². The Morgan fingerprint density at radius 1 is 1.10 bits per heavy atom. The number of benzene rings is 2. The Kier molecular flexibility index (Phi) is 7.43. The molecule has 1 saturated heterocycles. The van der Waals surface area contributed by atoms with Crippen molar-refractivity contribution in [1.82, 2.24) is 4.90 Å². The highest BCUT2D eigenvalue weighted by Gasteiger charge is 2.20. The third-order valence-electron chi connectivity index (χ3n) is 6.02. The number of nitrogens with zero attached hydrogens (tertiary/aromatic N) is 1. The van der Waals surface area contributed by atoms with Gasteiger partial charge in [-0.3, -0.25) is 4.79 Å². The number of likely N-dealkylation sites (tertiary alicyclic amines) is 1. The SMILES string of the molecule is Cc1cccc(C)c1NC1CCN(CCCCc2c(F)ccc(C(N)=O)c2F)CC1. The van der Waals surface area contributed by atoms with Crippen LogP contribution in [0.2, 0.25) is 0 Å². The topological polar surface area (TPSA) is 58.4 Å². The lowest BCUT2D eigenvalue weighted by Crippen LogP contribution is -2.39. The number of para-hydroxylation sites is 1. The van der Waals surface area contributed by atoms with Gasteiger partial charge in [-0.15, -0.1) is 0 Å². The van der Waals surface area contributed by atoms with E-state index in [2.05, 4.69) is 42.3 Å². The molecule has 3 rings (SSSR count). The number of halogens is 2. The lowest BCUT2D eigenvalue weighted by Gasteiger charge is -2.33. The van der Waals surface area contributed by atoms with Crippen LogP contribution in [0.1, 0.15) is 52.7 Å². The van der Waals surface area contributed by atoms with Crippen LogP contribution in [0.4, 0.5) is 14.5 Å². The van der Waals surface area contributed by atoms with Crippen LogP contribution >= 0.6 is 0 Å². The van der Waals surface area contributed by atoms with Crippen LogP contribution in [0, 0.1) is 25.5 Å². The summed E-state index contributed by atoms with van der Waals surface area (Å²) in [6.07, 6.45) is 3.95. The van der Waals surface area contributed by atoms with Gasteiger partial charge in [-0.2, -0.15) is 0 Å². The molecule has 0 atom stereocenters. The van der Waals surface area contributed by atoms with Gasteiger partial charge in [0.25, 0.3) is 5.91 Å². The van der Waals surface area contributed by atoms with Gasteiger partial charge in [-0.05, 0) is 75.8 Å². The lowest BCUT2D eigenvalue weighted by atomic mass is 10.0. The summed E-state index contributed by atoms with van der Waals surface area (Å²) in [5, 5.41) is 3.71. The smallest absolute Gasteiger partial charge is 0.251 e. The number of rotatable bonds is 8. The van der Waals surface area contributed by atoms with E-state index >= 15 is 0 Å². The zero-order valence-electron chi connectivity index (χ0n) is 17.8. The molecule has 0 aliphatic carbocycles. The summed E-state index contributed by atoms with van der Waals surface area (Å²) in [6, 6.07) is 9.05. The van der Waals surface area contributed by atoms with E-state index in [1.165, 1.54) is 16.8 Å². The van der Waals surface area contributed by atoms with Crippen LogP contribution in [-0.2, 0) is 6.42 Å². The minimum absolute atomic E-state index is 0.0391. The number of unbranched alkanes of at least 4 members (excludes halogenated alkanes) is 1. The van der Waals surface area contributed by atoms with Crippen LogP contribution in [0.5, 0.6) is 0 Å². The number of hydrogen-bond acceptors (Lipinski definition) is 3. The molecule has 162 valence electrons. The predicted octanol–water partition coefficient (Wildman–Crippen LogP) is 4.58. The first-order chi connectivity index (χ1) is 14.4. The van der Waals surface area contributed by atoms with E-state index in [1.807, 2.05) is 0 Å². The number of aryl methyl sites for hydroxylation is 2. The van der Waals surface area contributed by atoms with Crippen molar-refractivity contribution < 1.29 is 13.6 Å². The number of primary amides is 1. The van der Waals surface area contributed by atoms with Gasteiger partial charge >= 0.3 is 0 Å². The van der Waals surface area contributed by atoms with Crippen molar-refractivity contribution in [2.75, 3.05) is 25.0 Å². The summed E-state index contributed by atoms with van der Waals surface area (Å²) in [4.78, 5) is 13.7. The van der Waals surface area contributed by atoms with Crippen LogP contribution in [0.3, 0.4) is 0 Å². The summed E-state index contributed by atoms with van der Waals surface area (Å²) in [5.74, 6) is -2.30. The number of hydrogen-bond donors (Lipinski definition) is 2. The Bertz CT molecular complexity index is 872. The van der Waals surface area contributed by atoms with Crippen LogP contribution < -0.4 is 11.1 Å². The first-order valence-corrected chi connectivity index (χ1v) is 10.7. The first-order valence-electron chi connectivity index (χ1n) is 10.7. The lowest BCUT2D eigenvalue weighted by molar-refractivity contribution is 0.0996. The molecule has 1 aliphatic heterocycles. The summed E-state index contributed by atoms with van der Waals surface area (Å²) >= 11 is 0. The maximum Gasteiger partial charge on any atom is 0.251 e. The van der Waals surface area contributed by atoms with E-state index in [-0.39, 0.29) is 17.5 Å². The molecule has 2 aromatic carbocycles. The molecule has 0 spiro atoms. The molecule has 30 heavy (non-hydrogen) atoms. The highest BCUT2D eigenvalue weighted by molar-refractivity contribution is 5.93. The van der Waals surface area contributed by atoms with Crippen molar-refractivity contribution in [2.45, 2.75) is 52.0 Å². The van der Waals surface area contributed by atoms with Gasteiger partial charge in [-0.1, -0.05) is 18.2 Å². The largest absolute Gasteiger partial charge is 0.382 e. The van der Waals surface area contributed by atoms with Crippen molar-refractivity contribution >= 4 is 11.6 Å². The molecule has 1 aliphatic rings. The third-order valence-corrected chi connectivity index (χ3v) is 6.02. The van der Waals surface area contributed by atoms with E-state index in [1.54, 1.807) is 0 Å². The van der Waals surface area contributed by atoms with E-state index in [4.69, 9.17) is 5.73 Å². The molecular formula is C24H31F2N3O. The number of anilines is 1. The summed E-state index contributed by atoms with van der Waals surface area (Å²) in [7, 11) is 0. The Hall–Kier alpha value is -2.47.